The third kappa shape index (κ3) is 3.54. The summed E-state index contributed by atoms with van der Waals surface area (Å²) in [6.45, 7) is 4.24. The molecule has 0 saturated heterocycles. The SMILES string of the molecule is COC(=O)c1ccccc1S(=O)(=O)N(C)CC(C)C. The standard InChI is InChI=1S/C13H19NO4S/c1-10(2)9-14(3)19(16,17)12-8-6-5-7-11(12)13(15)18-4/h5-8,10H,9H2,1-4H3. The quantitative estimate of drug-likeness (QED) is 0.773. The predicted octanol–water partition coefficient (Wildman–Crippen LogP) is 1.75. The highest BCUT2D eigenvalue weighted by Crippen LogP contribution is 2.20. The van der Waals surface area contributed by atoms with Gasteiger partial charge >= 0.3 is 5.97 Å². The molecule has 0 spiro atoms. The zero-order chi connectivity index (χ0) is 14.6. The Hall–Kier alpha value is -1.40. The zero-order valence-corrected chi connectivity index (χ0v) is 12.4. The van der Waals surface area contributed by atoms with Crippen molar-refractivity contribution in [3.8, 4) is 0 Å². The number of ether oxygens (including phenoxy) is 1. The number of rotatable bonds is 5. The summed E-state index contributed by atoms with van der Waals surface area (Å²) in [4.78, 5) is 11.6. The molecule has 106 valence electrons. The van der Waals surface area contributed by atoms with Gasteiger partial charge in [-0.25, -0.2) is 17.5 Å². The van der Waals surface area contributed by atoms with Gasteiger partial charge in [0.2, 0.25) is 10.0 Å². The van der Waals surface area contributed by atoms with Gasteiger partial charge in [0, 0.05) is 13.6 Å². The molecule has 0 aliphatic rings. The minimum Gasteiger partial charge on any atom is -0.465 e. The van der Waals surface area contributed by atoms with Crippen LogP contribution in [0.5, 0.6) is 0 Å². The Labute approximate surface area is 114 Å². The van der Waals surface area contributed by atoms with E-state index in [2.05, 4.69) is 4.74 Å². The number of benzene rings is 1. The van der Waals surface area contributed by atoms with Crippen LogP contribution in [0.2, 0.25) is 0 Å². The van der Waals surface area contributed by atoms with E-state index in [9.17, 15) is 13.2 Å². The first-order valence-electron chi connectivity index (χ1n) is 5.94. The highest BCUT2D eigenvalue weighted by Gasteiger charge is 2.26. The molecule has 0 saturated carbocycles. The lowest BCUT2D eigenvalue weighted by atomic mass is 10.2. The fraction of sp³-hybridized carbons (Fsp3) is 0.462. The van der Waals surface area contributed by atoms with Gasteiger partial charge < -0.3 is 4.74 Å². The first kappa shape index (κ1) is 15.7. The minimum absolute atomic E-state index is 0.0231. The second-order valence-corrected chi connectivity index (χ2v) is 6.68. The Morgan fingerprint density at radius 1 is 1.32 bits per heavy atom. The van der Waals surface area contributed by atoms with E-state index in [0.717, 1.165) is 0 Å². The van der Waals surface area contributed by atoms with Gasteiger partial charge in [-0.15, -0.1) is 0 Å². The normalized spacial score (nSPS) is 11.9. The Morgan fingerprint density at radius 3 is 2.42 bits per heavy atom. The van der Waals surface area contributed by atoms with Crippen LogP contribution in [0.1, 0.15) is 24.2 Å². The van der Waals surface area contributed by atoms with Crippen molar-refractivity contribution in [1.29, 1.82) is 0 Å². The Balaban J connectivity index is 3.25. The molecule has 0 heterocycles. The number of sulfonamides is 1. The highest BCUT2D eigenvalue weighted by molar-refractivity contribution is 7.89. The van der Waals surface area contributed by atoms with Crippen molar-refractivity contribution in [2.75, 3.05) is 20.7 Å². The van der Waals surface area contributed by atoms with E-state index < -0.39 is 16.0 Å². The molecule has 1 rings (SSSR count). The van der Waals surface area contributed by atoms with Crippen molar-refractivity contribution >= 4 is 16.0 Å². The molecule has 5 nitrogen and oxygen atoms in total. The van der Waals surface area contributed by atoms with Gasteiger partial charge in [0.15, 0.2) is 0 Å². The second-order valence-electron chi connectivity index (χ2n) is 4.67. The van der Waals surface area contributed by atoms with E-state index in [1.54, 1.807) is 12.1 Å². The lowest BCUT2D eigenvalue weighted by molar-refractivity contribution is 0.0596. The smallest absolute Gasteiger partial charge is 0.339 e. The van der Waals surface area contributed by atoms with E-state index in [4.69, 9.17) is 0 Å². The summed E-state index contributed by atoms with van der Waals surface area (Å²) in [6, 6.07) is 6.05. The lowest BCUT2D eigenvalue weighted by Gasteiger charge is -2.20. The lowest BCUT2D eigenvalue weighted by Crippen LogP contribution is -2.31. The second kappa shape index (κ2) is 6.16. The van der Waals surface area contributed by atoms with Crippen molar-refractivity contribution in [3.63, 3.8) is 0 Å². The van der Waals surface area contributed by atoms with Crippen molar-refractivity contribution in [1.82, 2.24) is 4.31 Å². The highest BCUT2D eigenvalue weighted by atomic mass is 32.2. The molecule has 0 aromatic heterocycles. The maximum atomic E-state index is 12.4. The molecule has 0 bridgehead atoms. The molecule has 1 aromatic carbocycles. The summed E-state index contributed by atoms with van der Waals surface area (Å²) >= 11 is 0. The summed E-state index contributed by atoms with van der Waals surface area (Å²) in [7, 11) is -0.958. The molecule has 0 amide bonds. The molecule has 0 N–H and O–H groups in total. The van der Waals surface area contributed by atoms with Gasteiger partial charge in [-0.2, -0.15) is 0 Å². The summed E-state index contributed by atoms with van der Waals surface area (Å²) < 4.78 is 30.7. The minimum atomic E-state index is -3.69. The average molecular weight is 285 g/mol. The summed E-state index contributed by atoms with van der Waals surface area (Å²) in [5.74, 6) is -0.456. The first-order chi connectivity index (χ1) is 8.80. The maximum absolute atomic E-state index is 12.4. The van der Waals surface area contributed by atoms with E-state index in [1.807, 2.05) is 13.8 Å². The van der Waals surface area contributed by atoms with Crippen molar-refractivity contribution in [2.45, 2.75) is 18.7 Å². The first-order valence-corrected chi connectivity index (χ1v) is 7.38. The van der Waals surface area contributed by atoms with Gasteiger partial charge in [-0.1, -0.05) is 26.0 Å². The van der Waals surface area contributed by atoms with E-state index >= 15 is 0 Å². The largest absolute Gasteiger partial charge is 0.465 e. The Morgan fingerprint density at radius 2 is 1.89 bits per heavy atom. The zero-order valence-electron chi connectivity index (χ0n) is 11.6. The van der Waals surface area contributed by atoms with Crippen molar-refractivity contribution < 1.29 is 17.9 Å². The number of carbonyl (C=O) groups excluding carboxylic acids is 1. The number of nitrogens with zero attached hydrogens (tertiary/aromatic N) is 1. The van der Waals surface area contributed by atoms with Gasteiger partial charge in [0.1, 0.15) is 0 Å². The third-order valence-electron chi connectivity index (χ3n) is 2.60. The van der Waals surface area contributed by atoms with Gasteiger partial charge in [0.05, 0.1) is 17.6 Å². The maximum Gasteiger partial charge on any atom is 0.339 e. The molecule has 1 aromatic rings. The molecule has 0 atom stereocenters. The van der Waals surface area contributed by atoms with Crippen LogP contribution in [-0.4, -0.2) is 39.4 Å². The molecular weight excluding hydrogens is 266 g/mol. The fourth-order valence-electron chi connectivity index (χ4n) is 1.75. The molecule has 0 radical (unpaired) electrons. The third-order valence-corrected chi connectivity index (χ3v) is 4.48. The molecule has 0 fully saturated rings. The van der Waals surface area contributed by atoms with Crippen LogP contribution in [0.15, 0.2) is 29.2 Å². The van der Waals surface area contributed by atoms with E-state index in [-0.39, 0.29) is 16.4 Å². The molecule has 0 aliphatic heterocycles. The van der Waals surface area contributed by atoms with E-state index in [1.165, 1.54) is 30.6 Å². The molecule has 6 heteroatoms. The monoisotopic (exact) mass is 285 g/mol. The van der Waals surface area contributed by atoms with E-state index in [0.29, 0.717) is 6.54 Å². The van der Waals surface area contributed by atoms with Crippen LogP contribution in [-0.2, 0) is 14.8 Å². The van der Waals surface area contributed by atoms with Crippen LogP contribution in [0, 0.1) is 5.92 Å². The molecule has 19 heavy (non-hydrogen) atoms. The van der Waals surface area contributed by atoms with Crippen molar-refractivity contribution in [2.24, 2.45) is 5.92 Å². The van der Waals surface area contributed by atoms with Crippen LogP contribution < -0.4 is 0 Å². The van der Waals surface area contributed by atoms with Crippen LogP contribution in [0.4, 0.5) is 0 Å². The molecular formula is C13H19NO4S. The number of hydrogen-bond donors (Lipinski definition) is 0. The van der Waals surface area contributed by atoms with Crippen LogP contribution in [0.3, 0.4) is 0 Å². The predicted molar refractivity (Wildman–Crippen MR) is 72.4 cm³/mol. The Kier molecular flexibility index (Phi) is 5.08. The number of esters is 1. The molecule has 0 unspecified atom stereocenters. The summed E-state index contributed by atoms with van der Waals surface area (Å²) in [6.07, 6.45) is 0. The van der Waals surface area contributed by atoms with Crippen LogP contribution >= 0.6 is 0 Å². The van der Waals surface area contributed by atoms with Crippen LogP contribution in [0.25, 0.3) is 0 Å². The van der Waals surface area contributed by atoms with Gasteiger partial charge in [-0.05, 0) is 18.1 Å². The number of hydrogen-bond acceptors (Lipinski definition) is 4. The molecule has 0 aliphatic carbocycles. The number of methoxy groups -OCH3 is 1. The fourth-order valence-corrected chi connectivity index (χ4v) is 3.26. The van der Waals surface area contributed by atoms with Crippen molar-refractivity contribution in [3.05, 3.63) is 29.8 Å². The number of carbonyl (C=O) groups is 1. The topological polar surface area (TPSA) is 63.7 Å². The average Bonchev–Trinajstić information content (AvgIpc) is 2.37. The Bertz CT molecular complexity index is 552. The summed E-state index contributed by atoms with van der Waals surface area (Å²) in [5, 5.41) is 0. The van der Waals surface area contributed by atoms with Gasteiger partial charge in [0.25, 0.3) is 0 Å². The summed E-state index contributed by atoms with van der Waals surface area (Å²) in [5.41, 5.74) is 0.0561. The van der Waals surface area contributed by atoms with Gasteiger partial charge in [-0.3, -0.25) is 0 Å².